The van der Waals surface area contributed by atoms with Crippen LogP contribution in [0.1, 0.15) is 58.2 Å². The fourth-order valence-electron chi connectivity index (χ4n) is 2.53. The van der Waals surface area contributed by atoms with Gasteiger partial charge in [0, 0.05) is 28.5 Å². The zero-order chi connectivity index (χ0) is 15.8. The minimum absolute atomic E-state index is 0.0698. The molecule has 0 aromatic heterocycles. The van der Waals surface area contributed by atoms with E-state index in [1.807, 2.05) is 11.8 Å². The molecule has 2 nitrogen and oxygen atoms in total. The maximum Gasteiger partial charge on any atom is 0.123 e. The highest BCUT2D eigenvalue weighted by atomic mass is 32.2. The fourth-order valence-corrected chi connectivity index (χ4v) is 3.34. The van der Waals surface area contributed by atoms with Crippen molar-refractivity contribution in [1.82, 2.24) is 5.32 Å². The Morgan fingerprint density at radius 1 is 1.05 bits per heavy atom. The number of rotatable bonds is 1. The topological polar surface area (TPSA) is 32.3 Å². The van der Waals surface area contributed by atoms with Crippen LogP contribution in [0.15, 0.2) is 17.0 Å². The molecule has 1 aliphatic heterocycles. The van der Waals surface area contributed by atoms with E-state index < -0.39 is 0 Å². The van der Waals surface area contributed by atoms with Crippen molar-refractivity contribution in [2.75, 3.05) is 12.4 Å². The molecule has 1 saturated heterocycles. The summed E-state index contributed by atoms with van der Waals surface area (Å²) in [6.07, 6.45) is 2.24. The van der Waals surface area contributed by atoms with Gasteiger partial charge in [-0.15, -0.1) is 11.8 Å². The molecule has 0 unspecified atom stereocenters. The normalized spacial score (nSPS) is 18.5. The highest BCUT2D eigenvalue weighted by molar-refractivity contribution is 8.03. The largest absolute Gasteiger partial charge is 0.507 e. The number of aromatic hydroxyl groups is 1. The molecule has 1 aliphatic rings. The van der Waals surface area contributed by atoms with Gasteiger partial charge < -0.3 is 10.4 Å². The van der Waals surface area contributed by atoms with Crippen molar-refractivity contribution in [2.45, 2.75) is 52.4 Å². The summed E-state index contributed by atoms with van der Waals surface area (Å²) in [5, 5.41) is 14.0. The van der Waals surface area contributed by atoms with Crippen LogP contribution in [0.25, 0.3) is 6.08 Å². The van der Waals surface area contributed by atoms with Crippen molar-refractivity contribution in [2.24, 2.45) is 0 Å². The van der Waals surface area contributed by atoms with Crippen LogP contribution in [0.2, 0.25) is 0 Å². The molecule has 1 heterocycles. The Balaban J connectivity index is 2.59. The first-order valence-corrected chi connectivity index (χ1v) is 8.49. The summed E-state index contributed by atoms with van der Waals surface area (Å²) in [5.41, 5.74) is 3.10. The van der Waals surface area contributed by atoms with E-state index in [0.717, 1.165) is 23.5 Å². The van der Waals surface area contributed by atoms with Crippen molar-refractivity contribution < 1.29 is 5.11 Å². The Morgan fingerprint density at radius 2 is 1.57 bits per heavy atom. The summed E-state index contributed by atoms with van der Waals surface area (Å²) in [6, 6.07) is 4.27. The summed E-state index contributed by atoms with van der Waals surface area (Å²) < 4.78 is 0. The molecule has 2 rings (SSSR count). The van der Waals surface area contributed by atoms with Crippen LogP contribution < -0.4 is 5.32 Å². The van der Waals surface area contributed by atoms with Gasteiger partial charge in [0.25, 0.3) is 0 Å². The summed E-state index contributed by atoms with van der Waals surface area (Å²) in [5.74, 6) is 1.44. The third-order valence-electron chi connectivity index (χ3n) is 3.73. The average Bonchev–Trinajstić information content (AvgIpc) is 2.81. The van der Waals surface area contributed by atoms with Crippen LogP contribution in [0.3, 0.4) is 0 Å². The van der Waals surface area contributed by atoms with Gasteiger partial charge in [-0.2, -0.15) is 0 Å². The van der Waals surface area contributed by atoms with Crippen LogP contribution in [-0.2, 0) is 10.8 Å². The molecule has 0 amide bonds. The summed E-state index contributed by atoms with van der Waals surface area (Å²) in [6.45, 7) is 13.8. The molecule has 0 aliphatic carbocycles. The average molecular weight is 305 g/mol. The predicted octanol–water partition coefficient (Wildman–Crippen LogP) is 4.62. The molecule has 0 spiro atoms. The number of hydrogen-bond donors (Lipinski definition) is 2. The lowest BCUT2D eigenvalue weighted by Gasteiger charge is -2.28. The van der Waals surface area contributed by atoms with Crippen molar-refractivity contribution in [1.29, 1.82) is 0 Å². The maximum atomic E-state index is 10.7. The first-order valence-electron chi connectivity index (χ1n) is 7.51. The smallest absolute Gasteiger partial charge is 0.123 e. The number of benzene rings is 1. The molecule has 1 aromatic carbocycles. The number of phenolic OH excluding ortho intramolecular Hbond substituents is 1. The van der Waals surface area contributed by atoms with Crippen molar-refractivity contribution in [3.8, 4) is 5.75 Å². The Labute approximate surface area is 133 Å². The number of hydrogen-bond acceptors (Lipinski definition) is 3. The number of thioether (sulfide) groups is 1. The first-order chi connectivity index (χ1) is 9.59. The second kappa shape index (κ2) is 5.69. The SMILES string of the molecule is CC(C)(C)c1cc(C=C2CNCS2)cc(C(C)(C)C)c1O. The van der Waals surface area contributed by atoms with Gasteiger partial charge in [-0.1, -0.05) is 41.5 Å². The molecule has 0 saturated carbocycles. The van der Waals surface area contributed by atoms with Gasteiger partial charge in [-0.05, 0) is 34.6 Å². The summed E-state index contributed by atoms with van der Waals surface area (Å²) >= 11 is 1.86. The van der Waals surface area contributed by atoms with Crippen LogP contribution in [0.4, 0.5) is 0 Å². The van der Waals surface area contributed by atoms with E-state index in [1.165, 1.54) is 10.5 Å². The molecular weight excluding hydrogens is 278 g/mol. The van der Waals surface area contributed by atoms with E-state index >= 15 is 0 Å². The minimum Gasteiger partial charge on any atom is -0.507 e. The van der Waals surface area contributed by atoms with Crippen LogP contribution in [0.5, 0.6) is 5.75 Å². The van der Waals surface area contributed by atoms with Gasteiger partial charge in [-0.3, -0.25) is 0 Å². The van der Waals surface area contributed by atoms with Gasteiger partial charge in [0.1, 0.15) is 5.75 Å². The Morgan fingerprint density at radius 3 is 1.95 bits per heavy atom. The predicted molar refractivity (Wildman–Crippen MR) is 93.9 cm³/mol. The molecule has 2 N–H and O–H groups in total. The van der Waals surface area contributed by atoms with Gasteiger partial charge in [-0.25, -0.2) is 0 Å². The number of nitrogens with one attached hydrogen (secondary N) is 1. The Hall–Kier alpha value is -0.930. The lowest BCUT2D eigenvalue weighted by atomic mass is 9.78. The second-order valence-corrected chi connectivity index (χ2v) is 8.89. The van der Waals surface area contributed by atoms with Crippen molar-refractivity contribution in [3.05, 3.63) is 33.7 Å². The van der Waals surface area contributed by atoms with Gasteiger partial charge in [0.2, 0.25) is 0 Å². The summed E-state index contributed by atoms with van der Waals surface area (Å²) in [4.78, 5) is 1.36. The van der Waals surface area contributed by atoms with E-state index in [9.17, 15) is 5.11 Å². The first kappa shape index (κ1) is 16.4. The fraction of sp³-hybridized carbons (Fsp3) is 0.556. The van der Waals surface area contributed by atoms with E-state index in [0.29, 0.717) is 5.75 Å². The molecule has 21 heavy (non-hydrogen) atoms. The van der Waals surface area contributed by atoms with E-state index in [-0.39, 0.29) is 10.8 Å². The third-order valence-corrected chi connectivity index (χ3v) is 4.72. The monoisotopic (exact) mass is 305 g/mol. The maximum absolute atomic E-state index is 10.7. The zero-order valence-electron chi connectivity index (χ0n) is 14.0. The lowest BCUT2D eigenvalue weighted by Crippen LogP contribution is -2.17. The highest BCUT2D eigenvalue weighted by Crippen LogP contribution is 2.40. The Bertz CT molecular complexity index is 519. The molecule has 116 valence electrons. The van der Waals surface area contributed by atoms with E-state index in [4.69, 9.17) is 0 Å². The van der Waals surface area contributed by atoms with E-state index in [2.05, 4.69) is 65.1 Å². The zero-order valence-corrected chi connectivity index (χ0v) is 14.8. The van der Waals surface area contributed by atoms with Crippen molar-refractivity contribution in [3.63, 3.8) is 0 Å². The molecule has 0 atom stereocenters. The molecule has 0 radical (unpaired) electrons. The lowest BCUT2D eigenvalue weighted by molar-refractivity contribution is 0.423. The van der Waals surface area contributed by atoms with Gasteiger partial charge in [0.05, 0.1) is 0 Å². The van der Waals surface area contributed by atoms with Gasteiger partial charge >= 0.3 is 0 Å². The van der Waals surface area contributed by atoms with Crippen LogP contribution in [0, 0.1) is 0 Å². The quantitative estimate of drug-likeness (QED) is 0.794. The molecule has 0 bridgehead atoms. The van der Waals surface area contributed by atoms with Crippen LogP contribution >= 0.6 is 11.8 Å². The molecule has 1 fully saturated rings. The number of phenols is 1. The summed E-state index contributed by atoms with van der Waals surface area (Å²) in [7, 11) is 0. The third kappa shape index (κ3) is 3.83. The van der Waals surface area contributed by atoms with Crippen LogP contribution in [-0.4, -0.2) is 17.5 Å². The molecule has 1 aromatic rings. The minimum atomic E-state index is -0.0698. The Kier molecular flexibility index (Phi) is 4.46. The van der Waals surface area contributed by atoms with E-state index in [1.54, 1.807) is 0 Å². The molecule has 3 heteroatoms. The van der Waals surface area contributed by atoms with Crippen molar-refractivity contribution >= 4 is 17.8 Å². The second-order valence-electron chi connectivity index (χ2n) is 7.79. The highest BCUT2D eigenvalue weighted by Gasteiger charge is 2.26. The molecular formula is C18H27NOS. The standard InChI is InChI=1S/C18H27NOS/c1-17(2,3)14-8-12(7-13-10-19-11-21-13)9-15(16(14)20)18(4,5)6/h7-9,19-20H,10-11H2,1-6H3. The van der Waals surface area contributed by atoms with Gasteiger partial charge in [0.15, 0.2) is 0 Å².